The van der Waals surface area contributed by atoms with Crippen LogP contribution in [-0.4, -0.2) is 12.1 Å². The lowest BCUT2D eigenvalue weighted by Crippen LogP contribution is -2.40. The van der Waals surface area contributed by atoms with Crippen molar-refractivity contribution in [3.63, 3.8) is 0 Å². The average Bonchev–Trinajstić information content (AvgIpc) is 2.91. The van der Waals surface area contributed by atoms with Gasteiger partial charge in [-0.2, -0.15) is 4.57 Å². The summed E-state index contributed by atoms with van der Waals surface area (Å²) in [5, 5.41) is 1.03. The van der Waals surface area contributed by atoms with Crippen LogP contribution in [0.1, 0.15) is 24.4 Å². The van der Waals surface area contributed by atoms with Crippen molar-refractivity contribution in [2.24, 2.45) is 0 Å². The zero-order valence-corrected chi connectivity index (χ0v) is 14.6. The summed E-state index contributed by atoms with van der Waals surface area (Å²) in [6.07, 6.45) is 4.02. The number of fused-ring (bicyclic) bond motifs is 1. The fourth-order valence-corrected chi connectivity index (χ4v) is 3.56. The Balaban J connectivity index is 1.96. The fraction of sp³-hybridized carbons (Fsp3) is 0.200. The molecule has 3 nitrogen and oxygen atoms in total. The summed E-state index contributed by atoms with van der Waals surface area (Å²) in [6, 6.07) is 18.3. The molecule has 122 valence electrons. The van der Waals surface area contributed by atoms with Crippen molar-refractivity contribution in [3.05, 3.63) is 65.2 Å². The van der Waals surface area contributed by atoms with E-state index in [1.165, 1.54) is 0 Å². The number of esters is 1. The molecule has 0 saturated carbocycles. The molecule has 2 aromatic carbocycles. The van der Waals surface area contributed by atoms with Crippen LogP contribution in [0.3, 0.4) is 0 Å². The predicted octanol–water partition coefficient (Wildman–Crippen LogP) is 4.31. The summed E-state index contributed by atoms with van der Waals surface area (Å²) in [5.41, 5.74) is 2.18. The Morgan fingerprint density at radius 2 is 1.79 bits per heavy atom. The smallest absolute Gasteiger partial charge is 0.373 e. The highest BCUT2D eigenvalue weighted by Crippen LogP contribution is 2.22. The first-order valence-electron chi connectivity index (χ1n) is 7.97. The number of benzene rings is 2. The van der Waals surface area contributed by atoms with E-state index in [2.05, 4.69) is 30.4 Å². The summed E-state index contributed by atoms with van der Waals surface area (Å²) in [4.78, 5) is 12.1. The first-order valence-corrected chi connectivity index (χ1v) is 8.79. The summed E-state index contributed by atoms with van der Waals surface area (Å²) in [7, 11) is 0. The molecular formula is C20H20NO2S+. The van der Waals surface area contributed by atoms with Crippen LogP contribution in [0.5, 0.6) is 0 Å². The van der Waals surface area contributed by atoms with Gasteiger partial charge in [0, 0.05) is 12.1 Å². The molecule has 3 rings (SSSR count). The van der Waals surface area contributed by atoms with Gasteiger partial charge in [-0.15, -0.1) is 0 Å². The van der Waals surface area contributed by atoms with E-state index in [-0.39, 0.29) is 18.6 Å². The van der Waals surface area contributed by atoms with Crippen LogP contribution in [0.2, 0.25) is 0 Å². The van der Waals surface area contributed by atoms with Crippen molar-refractivity contribution < 1.29 is 14.1 Å². The van der Waals surface area contributed by atoms with E-state index in [0.29, 0.717) is 0 Å². The molecule has 1 heterocycles. The Morgan fingerprint density at radius 1 is 1.08 bits per heavy atom. The van der Waals surface area contributed by atoms with Gasteiger partial charge in [-0.25, -0.2) is 4.79 Å². The number of rotatable bonds is 5. The van der Waals surface area contributed by atoms with E-state index >= 15 is 0 Å². The van der Waals surface area contributed by atoms with Crippen LogP contribution in [0.4, 0.5) is 0 Å². The third-order valence-electron chi connectivity index (χ3n) is 3.51. The molecule has 0 fully saturated rings. The quantitative estimate of drug-likeness (QED) is 0.512. The highest BCUT2D eigenvalue weighted by atomic mass is 32.1. The minimum atomic E-state index is -0.215. The zero-order valence-electron chi connectivity index (χ0n) is 13.8. The molecular weight excluding hydrogens is 318 g/mol. The van der Waals surface area contributed by atoms with Crippen LogP contribution >= 0.6 is 11.3 Å². The number of para-hydroxylation sites is 1. The molecule has 0 radical (unpaired) electrons. The SMILES string of the molecule is CC(C)OC(=O)C[n+]1c(/C=C/c2ccccc2)sc2ccccc21. The predicted molar refractivity (Wildman–Crippen MR) is 98.6 cm³/mol. The molecule has 0 aliphatic heterocycles. The first-order chi connectivity index (χ1) is 11.6. The summed E-state index contributed by atoms with van der Waals surface area (Å²) >= 11 is 1.67. The number of nitrogens with zero attached hydrogens (tertiary/aromatic N) is 1. The van der Waals surface area contributed by atoms with E-state index < -0.39 is 0 Å². The number of carbonyl (C=O) groups excluding carboxylic acids is 1. The Kier molecular flexibility index (Phi) is 5.06. The van der Waals surface area contributed by atoms with Crippen molar-refractivity contribution in [2.75, 3.05) is 0 Å². The molecule has 4 heteroatoms. The number of hydrogen-bond donors (Lipinski definition) is 0. The van der Waals surface area contributed by atoms with Crippen molar-refractivity contribution in [3.8, 4) is 0 Å². The van der Waals surface area contributed by atoms with Crippen molar-refractivity contribution in [2.45, 2.75) is 26.5 Å². The minimum absolute atomic E-state index is 0.105. The number of ether oxygens (including phenoxy) is 1. The van der Waals surface area contributed by atoms with Crippen LogP contribution in [-0.2, 0) is 16.1 Å². The highest BCUT2D eigenvalue weighted by Gasteiger charge is 2.22. The summed E-state index contributed by atoms with van der Waals surface area (Å²) < 4.78 is 8.48. The highest BCUT2D eigenvalue weighted by molar-refractivity contribution is 7.18. The van der Waals surface area contributed by atoms with Gasteiger partial charge < -0.3 is 4.74 Å². The van der Waals surface area contributed by atoms with Gasteiger partial charge in [0.1, 0.15) is 4.70 Å². The third kappa shape index (κ3) is 3.89. The van der Waals surface area contributed by atoms with E-state index in [1.807, 2.05) is 54.8 Å². The molecule has 0 spiro atoms. The largest absolute Gasteiger partial charge is 0.458 e. The molecule has 0 saturated heterocycles. The minimum Gasteiger partial charge on any atom is -0.458 e. The second kappa shape index (κ2) is 7.41. The molecule has 3 aromatic rings. The Morgan fingerprint density at radius 3 is 2.54 bits per heavy atom. The molecule has 0 unspecified atom stereocenters. The Bertz CT molecular complexity index is 866. The lowest BCUT2D eigenvalue weighted by molar-refractivity contribution is -0.657. The molecule has 0 aliphatic carbocycles. The van der Waals surface area contributed by atoms with Crippen molar-refractivity contribution in [1.82, 2.24) is 0 Å². The van der Waals surface area contributed by atoms with Crippen molar-refractivity contribution >= 4 is 39.7 Å². The van der Waals surface area contributed by atoms with Gasteiger partial charge in [-0.3, -0.25) is 0 Å². The summed E-state index contributed by atoms with van der Waals surface area (Å²) in [5.74, 6) is -0.215. The fourth-order valence-electron chi connectivity index (χ4n) is 2.50. The summed E-state index contributed by atoms with van der Waals surface area (Å²) in [6.45, 7) is 3.95. The lowest BCUT2D eigenvalue weighted by atomic mass is 10.2. The van der Waals surface area contributed by atoms with E-state index in [4.69, 9.17) is 4.74 Å². The monoisotopic (exact) mass is 338 g/mol. The first kappa shape index (κ1) is 16.4. The van der Waals surface area contributed by atoms with Crippen LogP contribution in [0.15, 0.2) is 54.6 Å². The maximum absolute atomic E-state index is 12.1. The van der Waals surface area contributed by atoms with Gasteiger partial charge in [-0.05, 0) is 31.6 Å². The average molecular weight is 338 g/mol. The third-order valence-corrected chi connectivity index (χ3v) is 4.64. The zero-order chi connectivity index (χ0) is 16.9. The number of thiazole rings is 1. The van der Waals surface area contributed by atoms with Gasteiger partial charge >= 0.3 is 5.97 Å². The molecule has 24 heavy (non-hydrogen) atoms. The van der Waals surface area contributed by atoms with Crippen molar-refractivity contribution in [1.29, 1.82) is 0 Å². The Labute approximate surface area is 145 Å². The van der Waals surface area contributed by atoms with Gasteiger partial charge in [0.2, 0.25) is 12.1 Å². The second-order valence-corrected chi connectivity index (χ2v) is 6.84. The lowest BCUT2D eigenvalue weighted by Gasteiger charge is -2.05. The Hall–Kier alpha value is -2.46. The molecule has 0 bridgehead atoms. The van der Waals surface area contributed by atoms with Crippen LogP contribution in [0, 0.1) is 0 Å². The molecule has 1 aromatic heterocycles. The maximum Gasteiger partial charge on any atom is 0.373 e. The van der Waals surface area contributed by atoms with E-state index in [1.54, 1.807) is 11.3 Å². The maximum atomic E-state index is 12.1. The van der Waals surface area contributed by atoms with Gasteiger partial charge in [0.05, 0.1) is 6.10 Å². The van der Waals surface area contributed by atoms with E-state index in [9.17, 15) is 4.79 Å². The van der Waals surface area contributed by atoms with Gasteiger partial charge in [0.25, 0.3) is 5.01 Å². The normalized spacial score (nSPS) is 11.5. The van der Waals surface area contributed by atoms with Gasteiger partial charge in [0.15, 0.2) is 0 Å². The topological polar surface area (TPSA) is 30.2 Å². The number of aromatic nitrogens is 1. The van der Waals surface area contributed by atoms with Crippen LogP contribution < -0.4 is 4.57 Å². The molecule has 0 amide bonds. The molecule has 0 N–H and O–H groups in total. The number of carbonyl (C=O) groups is 1. The van der Waals surface area contributed by atoms with E-state index in [0.717, 1.165) is 20.8 Å². The second-order valence-electron chi connectivity index (χ2n) is 5.78. The molecule has 0 aliphatic rings. The standard InChI is InChI=1S/C20H20NO2S/c1-15(2)23-20(22)14-21-17-10-6-7-11-18(17)24-19(21)13-12-16-8-4-3-5-9-16/h3-13,15H,14H2,1-2H3/q+1/b13-12+. The van der Waals surface area contributed by atoms with Crippen LogP contribution in [0.25, 0.3) is 22.4 Å². The number of hydrogen-bond acceptors (Lipinski definition) is 3. The van der Waals surface area contributed by atoms with Gasteiger partial charge in [-0.1, -0.05) is 53.8 Å². The molecule has 0 atom stereocenters.